The molecule has 1 aromatic rings. The van der Waals surface area contributed by atoms with Gasteiger partial charge in [0.05, 0.1) is 18.6 Å². The van der Waals surface area contributed by atoms with Crippen LogP contribution in [0.1, 0.15) is 26.5 Å². The van der Waals surface area contributed by atoms with Gasteiger partial charge in [0.15, 0.2) is 0 Å². The Labute approximate surface area is 91.3 Å². The number of aromatic nitrogens is 2. The number of aliphatic hydroxyl groups excluding tert-OH is 1. The summed E-state index contributed by atoms with van der Waals surface area (Å²) in [5.41, 5.74) is 1.16. The SMILES string of the molecule is CCn1cncc1CN[C@H](CO)C(C)C. The molecule has 1 atom stereocenters. The number of nitrogens with one attached hydrogen (secondary N) is 1. The smallest absolute Gasteiger partial charge is 0.0948 e. The van der Waals surface area contributed by atoms with E-state index in [2.05, 4.69) is 35.6 Å². The van der Waals surface area contributed by atoms with Crippen LogP contribution >= 0.6 is 0 Å². The van der Waals surface area contributed by atoms with Crippen molar-refractivity contribution in [3.8, 4) is 0 Å². The third-order valence-electron chi connectivity index (χ3n) is 2.69. The zero-order valence-corrected chi connectivity index (χ0v) is 9.77. The molecule has 1 rings (SSSR count). The van der Waals surface area contributed by atoms with Crippen LogP contribution in [0.25, 0.3) is 0 Å². The highest BCUT2D eigenvalue weighted by Crippen LogP contribution is 2.04. The van der Waals surface area contributed by atoms with Crippen LogP contribution in [0.4, 0.5) is 0 Å². The van der Waals surface area contributed by atoms with Gasteiger partial charge < -0.3 is 15.0 Å². The molecule has 0 unspecified atom stereocenters. The van der Waals surface area contributed by atoms with Gasteiger partial charge in [-0.05, 0) is 12.8 Å². The fourth-order valence-corrected chi connectivity index (χ4v) is 1.53. The summed E-state index contributed by atoms with van der Waals surface area (Å²) in [4.78, 5) is 4.10. The van der Waals surface area contributed by atoms with Crippen molar-refractivity contribution >= 4 is 0 Å². The molecule has 0 radical (unpaired) electrons. The maximum atomic E-state index is 9.17. The van der Waals surface area contributed by atoms with E-state index in [-0.39, 0.29) is 12.6 Å². The van der Waals surface area contributed by atoms with E-state index in [1.165, 1.54) is 0 Å². The molecule has 0 saturated carbocycles. The molecule has 1 aromatic heterocycles. The van der Waals surface area contributed by atoms with Gasteiger partial charge in [-0.15, -0.1) is 0 Å². The predicted molar refractivity (Wildman–Crippen MR) is 60.5 cm³/mol. The van der Waals surface area contributed by atoms with Gasteiger partial charge in [-0.3, -0.25) is 0 Å². The second kappa shape index (κ2) is 5.88. The third-order valence-corrected chi connectivity index (χ3v) is 2.69. The largest absolute Gasteiger partial charge is 0.395 e. The first-order chi connectivity index (χ1) is 7.19. The number of hydrogen-bond donors (Lipinski definition) is 2. The van der Waals surface area contributed by atoms with E-state index in [0.29, 0.717) is 5.92 Å². The lowest BCUT2D eigenvalue weighted by atomic mass is 10.1. The number of rotatable bonds is 6. The Hall–Kier alpha value is -0.870. The second-order valence-corrected chi connectivity index (χ2v) is 4.08. The quantitative estimate of drug-likeness (QED) is 0.738. The summed E-state index contributed by atoms with van der Waals surface area (Å²) in [6.45, 7) is 8.17. The van der Waals surface area contributed by atoms with E-state index < -0.39 is 0 Å². The van der Waals surface area contributed by atoms with Crippen molar-refractivity contribution in [1.82, 2.24) is 14.9 Å². The predicted octanol–water partition coefficient (Wildman–Crippen LogP) is 1.01. The van der Waals surface area contributed by atoms with E-state index in [9.17, 15) is 0 Å². The summed E-state index contributed by atoms with van der Waals surface area (Å²) in [6, 6.07) is 0.158. The van der Waals surface area contributed by atoms with Crippen LogP contribution in [-0.2, 0) is 13.1 Å². The molecule has 0 spiro atoms. The van der Waals surface area contributed by atoms with E-state index in [1.807, 2.05) is 12.5 Å². The standard InChI is InChI=1S/C11H21N3O/c1-4-14-8-12-5-10(14)6-13-11(7-15)9(2)3/h5,8-9,11,13,15H,4,6-7H2,1-3H3/t11-/m1/s1. The Bertz CT molecular complexity index is 283. The highest BCUT2D eigenvalue weighted by atomic mass is 16.3. The topological polar surface area (TPSA) is 50.1 Å². The molecule has 86 valence electrons. The Morgan fingerprint density at radius 3 is 2.80 bits per heavy atom. The molecule has 0 bridgehead atoms. The Balaban J connectivity index is 2.48. The Morgan fingerprint density at radius 2 is 2.27 bits per heavy atom. The number of hydrogen-bond acceptors (Lipinski definition) is 3. The summed E-state index contributed by atoms with van der Waals surface area (Å²) in [5.74, 6) is 0.438. The molecule has 0 amide bonds. The minimum atomic E-state index is 0.158. The molecule has 0 saturated heterocycles. The lowest BCUT2D eigenvalue weighted by Crippen LogP contribution is -2.36. The van der Waals surface area contributed by atoms with Crippen LogP contribution in [0.3, 0.4) is 0 Å². The zero-order chi connectivity index (χ0) is 11.3. The monoisotopic (exact) mass is 211 g/mol. The van der Waals surface area contributed by atoms with Crippen molar-refractivity contribution < 1.29 is 5.11 Å². The summed E-state index contributed by atoms with van der Waals surface area (Å²) in [6.07, 6.45) is 3.70. The van der Waals surface area contributed by atoms with Crippen LogP contribution in [0.15, 0.2) is 12.5 Å². The first-order valence-corrected chi connectivity index (χ1v) is 5.52. The van der Waals surface area contributed by atoms with E-state index in [0.717, 1.165) is 18.8 Å². The molecule has 0 aromatic carbocycles. The van der Waals surface area contributed by atoms with Gasteiger partial charge in [0.1, 0.15) is 0 Å². The van der Waals surface area contributed by atoms with Gasteiger partial charge >= 0.3 is 0 Å². The van der Waals surface area contributed by atoms with Gasteiger partial charge in [0, 0.05) is 25.3 Å². The minimum absolute atomic E-state index is 0.158. The molecule has 0 aliphatic rings. The van der Waals surface area contributed by atoms with Crippen molar-refractivity contribution in [1.29, 1.82) is 0 Å². The molecule has 15 heavy (non-hydrogen) atoms. The van der Waals surface area contributed by atoms with Crippen molar-refractivity contribution in [2.45, 2.75) is 39.9 Å². The van der Waals surface area contributed by atoms with Crippen molar-refractivity contribution in [2.75, 3.05) is 6.61 Å². The molecule has 2 N–H and O–H groups in total. The molecular weight excluding hydrogens is 190 g/mol. The fourth-order valence-electron chi connectivity index (χ4n) is 1.53. The maximum absolute atomic E-state index is 9.17. The van der Waals surface area contributed by atoms with Gasteiger partial charge in [-0.1, -0.05) is 13.8 Å². The maximum Gasteiger partial charge on any atom is 0.0948 e. The van der Waals surface area contributed by atoms with Gasteiger partial charge in [0.25, 0.3) is 0 Å². The van der Waals surface area contributed by atoms with E-state index in [4.69, 9.17) is 5.11 Å². The summed E-state index contributed by atoms with van der Waals surface area (Å²) in [7, 11) is 0. The van der Waals surface area contributed by atoms with Crippen LogP contribution in [-0.4, -0.2) is 27.3 Å². The average molecular weight is 211 g/mol. The van der Waals surface area contributed by atoms with Crippen molar-refractivity contribution in [3.63, 3.8) is 0 Å². The average Bonchev–Trinajstić information content (AvgIpc) is 2.65. The van der Waals surface area contributed by atoms with E-state index >= 15 is 0 Å². The second-order valence-electron chi connectivity index (χ2n) is 4.08. The molecular formula is C11H21N3O. The van der Waals surface area contributed by atoms with Gasteiger partial charge in [0.2, 0.25) is 0 Å². The number of aliphatic hydroxyl groups is 1. The summed E-state index contributed by atoms with van der Waals surface area (Å²) >= 11 is 0. The molecule has 1 heterocycles. The molecule has 0 aliphatic carbocycles. The van der Waals surface area contributed by atoms with Crippen molar-refractivity contribution in [3.05, 3.63) is 18.2 Å². The lowest BCUT2D eigenvalue weighted by Gasteiger charge is -2.20. The van der Waals surface area contributed by atoms with Crippen LogP contribution in [0, 0.1) is 5.92 Å². The zero-order valence-electron chi connectivity index (χ0n) is 9.77. The number of aryl methyl sites for hydroxylation is 1. The van der Waals surface area contributed by atoms with Crippen LogP contribution in [0.2, 0.25) is 0 Å². The van der Waals surface area contributed by atoms with E-state index in [1.54, 1.807) is 0 Å². The first-order valence-electron chi connectivity index (χ1n) is 5.52. The molecule has 0 fully saturated rings. The van der Waals surface area contributed by atoms with Crippen LogP contribution < -0.4 is 5.32 Å². The highest BCUT2D eigenvalue weighted by Gasteiger charge is 2.11. The van der Waals surface area contributed by atoms with Gasteiger partial charge in [-0.2, -0.15) is 0 Å². The minimum Gasteiger partial charge on any atom is -0.395 e. The number of nitrogens with zero attached hydrogens (tertiary/aromatic N) is 2. The molecule has 4 heteroatoms. The first kappa shape index (κ1) is 12.2. The van der Waals surface area contributed by atoms with Crippen molar-refractivity contribution in [2.24, 2.45) is 5.92 Å². The fraction of sp³-hybridized carbons (Fsp3) is 0.727. The Kier molecular flexibility index (Phi) is 4.78. The summed E-state index contributed by atoms with van der Waals surface area (Å²) < 4.78 is 2.10. The number of imidazole rings is 1. The highest BCUT2D eigenvalue weighted by molar-refractivity contribution is 4.98. The normalized spacial score (nSPS) is 13.4. The van der Waals surface area contributed by atoms with Gasteiger partial charge in [-0.25, -0.2) is 4.98 Å². The lowest BCUT2D eigenvalue weighted by molar-refractivity contribution is 0.209. The third kappa shape index (κ3) is 3.32. The molecule has 0 aliphatic heterocycles. The summed E-state index contributed by atoms with van der Waals surface area (Å²) in [5, 5.41) is 12.5. The Morgan fingerprint density at radius 1 is 1.53 bits per heavy atom. The molecule has 4 nitrogen and oxygen atoms in total. The van der Waals surface area contributed by atoms with Crippen LogP contribution in [0.5, 0.6) is 0 Å².